The van der Waals surface area contributed by atoms with Crippen LogP contribution < -0.4 is 4.74 Å². The lowest BCUT2D eigenvalue weighted by Gasteiger charge is -2.15. The Morgan fingerprint density at radius 3 is 2.29 bits per heavy atom. The van der Waals surface area contributed by atoms with E-state index in [9.17, 15) is 4.79 Å². The monoisotopic (exact) mass is 342 g/mol. The standard InChI is InChI=1S/C21H26O2S/c1-4-6-20(24-19-13-7-16(3)8-14-19)15-21(22)17-9-11-18(12-10-17)23-5-2/h7-14,20H,4-6,15H2,1-3H3. The topological polar surface area (TPSA) is 26.3 Å². The molecule has 0 saturated carbocycles. The van der Waals surface area contributed by atoms with Gasteiger partial charge in [-0.3, -0.25) is 4.79 Å². The number of benzene rings is 2. The molecule has 0 aliphatic rings. The van der Waals surface area contributed by atoms with E-state index in [0.29, 0.717) is 18.3 Å². The maximum absolute atomic E-state index is 12.6. The van der Waals surface area contributed by atoms with E-state index in [1.54, 1.807) is 0 Å². The highest BCUT2D eigenvalue weighted by Gasteiger charge is 2.16. The van der Waals surface area contributed by atoms with E-state index in [1.807, 2.05) is 43.0 Å². The third-order valence-corrected chi connectivity index (χ3v) is 5.11. The minimum atomic E-state index is 0.205. The maximum Gasteiger partial charge on any atom is 0.163 e. The van der Waals surface area contributed by atoms with Gasteiger partial charge < -0.3 is 4.74 Å². The molecule has 0 bridgehead atoms. The van der Waals surface area contributed by atoms with E-state index < -0.39 is 0 Å². The molecule has 2 aromatic rings. The van der Waals surface area contributed by atoms with Crippen LogP contribution in [0.25, 0.3) is 0 Å². The van der Waals surface area contributed by atoms with Gasteiger partial charge in [0, 0.05) is 22.1 Å². The molecular formula is C21H26O2S. The Kier molecular flexibility index (Phi) is 7.38. The first-order chi connectivity index (χ1) is 11.6. The molecule has 0 aromatic heterocycles. The number of ether oxygens (including phenoxy) is 1. The maximum atomic E-state index is 12.6. The van der Waals surface area contributed by atoms with Crippen LogP contribution in [0.3, 0.4) is 0 Å². The molecule has 0 spiro atoms. The highest BCUT2D eigenvalue weighted by atomic mass is 32.2. The van der Waals surface area contributed by atoms with E-state index >= 15 is 0 Å². The number of carbonyl (C=O) groups excluding carboxylic acids is 1. The van der Waals surface area contributed by atoms with Crippen LogP contribution in [-0.2, 0) is 0 Å². The lowest BCUT2D eigenvalue weighted by molar-refractivity contribution is 0.0981. The van der Waals surface area contributed by atoms with Crippen LogP contribution in [0.15, 0.2) is 53.4 Å². The van der Waals surface area contributed by atoms with Gasteiger partial charge in [-0.2, -0.15) is 0 Å². The van der Waals surface area contributed by atoms with E-state index in [1.165, 1.54) is 10.5 Å². The molecule has 3 heteroatoms. The van der Waals surface area contributed by atoms with Crippen molar-refractivity contribution in [2.45, 2.75) is 50.2 Å². The third kappa shape index (κ3) is 5.72. The first-order valence-electron chi connectivity index (χ1n) is 8.61. The zero-order valence-corrected chi connectivity index (χ0v) is 15.6. The summed E-state index contributed by atoms with van der Waals surface area (Å²) in [6.45, 7) is 6.85. The molecule has 1 atom stereocenters. The second-order valence-corrected chi connectivity index (χ2v) is 7.30. The summed E-state index contributed by atoms with van der Waals surface area (Å²) >= 11 is 1.81. The Morgan fingerprint density at radius 1 is 1.04 bits per heavy atom. The van der Waals surface area contributed by atoms with Crippen LogP contribution in [0.4, 0.5) is 0 Å². The Hall–Kier alpha value is -1.74. The van der Waals surface area contributed by atoms with Crippen molar-refractivity contribution in [3.05, 3.63) is 59.7 Å². The Bertz CT molecular complexity index is 632. The first-order valence-corrected chi connectivity index (χ1v) is 9.49. The van der Waals surface area contributed by atoms with Crippen LogP contribution >= 0.6 is 11.8 Å². The van der Waals surface area contributed by atoms with E-state index in [4.69, 9.17) is 4.74 Å². The molecule has 2 nitrogen and oxygen atoms in total. The van der Waals surface area contributed by atoms with Gasteiger partial charge in [0.2, 0.25) is 0 Å². The molecule has 0 amide bonds. The van der Waals surface area contributed by atoms with Crippen LogP contribution in [0.1, 0.15) is 49.0 Å². The number of rotatable bonds is 9. The van der Waals surface area contributed by atoms with E-state index in [0.717, 1.165) is 24.2 Å². The molecule has 24 heavy (non-hydrogen) atoms. The van der Waals surface area contributed by atoms with Crippen molar-refractivity contribution in [3.63, 3.8) is 0 Å². The summed E-state index contributed by atoms with van der Waals surface area (Å²) in [7, 11) is 0. The minimum absolute atomic E-state index is 0.205. The van der Waals surface area contributed by atoms with Crippen LogP contribution in [-0.4, -0.2) is 17.6 Å². The van der Waals surface area contributed by atoms with Gasteiger partial charge in [-0.05, 0) is 56.7 Å². The Labute approximate surface area is 149 Å². The SMILES string of the molecule is CCCC(CC(=O)c1ccc(OCC)cc1)Sc1ccc(C)cc1. The molecule has 128 valence electrons. The molecule has 0 radical (unpaired) electrons. The lowest BCUT2D eigenvalue weighted by atomic mass is 10.0. The zero-order valence-electron chi connectivity index (χ0n) is 14.7. The largest absolute Gasteiger partial charge is 0.494 e. The van der Waals surface area contributed by atoms with Gasteiger partial charge in [-0.1, -0.05) is 31.0 Å². The highest BCUT2D eigenvalue weighted by molar-refractivity contribution is 8.00. The Balaban J connectivity index is 2.00. The summed E-state index contributed by atoms with van der Waals surface area (Å²) in [5, 5.41) is 0.316. The molecular weight excluding hydrogens is 316 g/mol. The quantitative estimate of drug-likeness (QED) is 0.417. The molecule has 2 rings (SSSR count). The summed E-state index contributed by atoms with van der Waals surface area (Å²) in [5.41, 5.74) is 2.03. The van der Waals surface area contributed by atoms with Crippen LogP contribution in [0.5, 0.6) is 5.75 Å². The predicted octanol–water partition coefficient (Wildman–Crippen LogP) is 5.93. The van der Waals surface area contributed by atoms with Gasteiger partial charge in [-0.25, -0.2) is 0 Å². The van der Waals surface area contributed by atoms with Gasteiger partial charge in [0.25, 0.3) is 0 Å². The summed E-state index contributed by atoms with van der Waals surface area (Å²) in [4.78, 5) is 13.8. The summed E-state index contributed by atoms with van der Waals surface area (Å²) in [5.74, 6) is 1.02. The van der Waals surface area contributed by atoms with Crippen molar-refractivity contribution in [2.24, 2.45) is 0 Å². The zero-order chi connectivity index (χ0) is 17.4. The number of Topliss-reactive ketones (excluding diaryl/α,β-unsaturated/α-hetero) is 1. The fourth-order valence-electron chi connectivity index (χ4n) is 2.56. The molecule has 1 unspecified atom stereocenters. The molecule has 0 aliphatic carbocycles. The molecule has 0 N–H and O–H groups in total. The Morgan fingerprint density at radius 2 is 1.71 bits per heavy atom. The van der Waals surface area contributed by atoms with Crippen LogP contribution in [0.2, 0.25) is 0 Å². The van der Waals surface area contributed by atoms with Crippen molar-refractivity contribution in [1.82, 2.24) is 0 Å². The number of hydrogen-bond donors (Lipinski definition) is 0. The number of thioether (sulfide) groups is 1. The molecule has 0 aliphatic heterocycles. The first kappa shape index (κ1) is 18.6. The summed E-state index contributed by atoms with van der Waals surface area (Å²) < 4.78 is 5.43. The van der Waals surface area contributed by atoms with E-state index in [-0.39, 0.29) is 5.78 Å². The van der Waals surface area contributed by atoms with Crippen molar-refractivity contribution in [3.8, 4) is 5.75 Å². The van der Waals surface area contributed by atoms with E-state index in [2.05, 4.69) is 38.1 Å². The highest BCUT2D eigenvalue weighted by Crippen LogP contribution is 2.30. The van der Waals surface area contributed by atoms with Gasteiger partial charge in [0.1, 0.15) is 5.75 Å². The fraction of sp³-hybridized carbons (Fsp3) is 0.381. The van der Waals surface area contributed by atoms with Crippen LogP contribution in [0, 0.1) is 6.92 Å². The lowest BCUT2D eigenvalue weighted by Crippen LogP contribution is -2.11. The normalized spacial score (nSPS) is 12.0. The number of aryl methyl sites for hydroxylation is 1. The summed E-state index contributed by atoms with van der Waals surface area (Å²) in [6, 6.07) is 16.0. The fourth-order valence-corrected chi connectivity index (χ4v) is 3.83. The molecule has 2 aromatic carbocycles. The predicted molar refractivity (Wildman–Crippen MR) is 102 cm³/mol. The summed E-state index contributed by atoms with van der Waals surface area (Å²) in [6.07, 6.45) is 2.70. The van der Waals surface area contributed by atoms with Crippen molar-refractivity contribution >= 4 is 17.5 Å². The number of hydrogen-bond acceptors (Lipinski definition) is 3. The van der Waals surface area contributed by atoms with Gasteiger partial charge in [-0.15, -0.1) is 11.8 Å². The smallest absolute Gasteiger partial charge is 0.163 e. The van der Waals surface area contributed by atoms with Crippen molar-refractivity contribution in [1.29, 1.82) is 0 Å². The number of ketones is 1. The molecule has 0 heterocycles. The van der Waals surface area contributed by atoms with Crippen molar-refractivity contribution in [2.75, 3.05) is 6.61 Å². The molecule has 0 fully saturated rings. The average Bonchev–Trinajstić information content (AvgIpc) is 2.58. The minimum Gasteiger partial charge on any atom is -0.494 e. The van der Waals surface area contributed by atoms with Gasteiger partial charge >= 0.3 is 0 Å². The van der Waals surface area contributed by atoms with Gasteiger partial charge in [0.05, 0.1) is 6.61 Å². The third-order valence-electron chi connectivity index (χ3n) is 3.83. The van der Waals surface area contributed by atoms with Gasteiger partial charge in [0.15, 0.2) is 5.78 Å². The average molecular weight is 343 g/mol. The number of carbonyl (C=O) groups is 1. The second kappa shape index (κ2) is 9.53. The van der Waals surface area contributed by atoms with Crippen molar-refractivity contribution < 1.29 is 9.53 Å². The second-order valence-electron chi connectivity index (χ2n) is 5.93. The molecule has 0 saturated heterocycles.